The van der Waals surface area contributed by atoms with Gasteiger partial charge >= 0.3 is 0 Å². The standard InChI is InChI=1S/C13H19NOS/c1-10-4-6-11(7-5-10)16-9-13(15)12-3-2-8-14-12/h4-7,12-15H,2-3,8-9H2,1H3. The SMILES string of the molecule is Cc1ccc(SCC(O)C2CCCN2)cc1. The van der Waals surface area contributed by atoms with Gasteiger partial charge in [-0.1, -0.05) is 17.7 Å². The van der Waals surface area contributed by atoms with Crippen molar-refractivity contribution in [2.45, 2.75) is 36.8 Å². The molecule has 0 aromatic heterocycles. The van der Waals surface area contributed by atoms with Crippen molar-refractivity contribution < 1.29 is 5.11 Å². The monoisotopic (exact) mass is 237 g/mol. The molecule has 1 saturated heterocycles. The Bertz CT molecular complexity index is 319. The van der Waals surface area contributed by atoms with Crippen molar-refractivity contribution in [2.75, 3.05) is 12.3 Å². The highest BCUT2D eigenvalue weighted by molar-refractivity contribution is 7.99. The van der Waals surface area contributed by atoms with E-state index in [1.165, 1.54) is 16.9 Å². The number of hydrogen-bond donors (Lipinski definition) is 2. The van der Waals surface area contributed by atoms with E-state index in [2.05, 4.69) is 36.5 Å². The average molecular weight is 237 g/mol. The molecule has 3 heteroatoms. The van der Waals surface area contributed by atoms with Gasteiger partial charge in [0.25, 0.3) is 0 Å². The van der Waals surface area contributed by atoms with Crippen molar-refractivity contribution in [1.29, 1.82) is 0 Å². The van der Waals surface area contributed by atoms with Crippen LogP contribution < -0.4 is 5.32 Å². The van der Waals surface area contributed by atoms with Gasteiger partial charge in [-0.2, -0.15) is 0 Å². The molecule has 2 rings (SSSR count). The van der Waals surface area contributed by atoms with Crippen LogP contribution in [0.5, 0.6) is 0 Å². The quantitative estimate of drug-likeness (QED) is 0.787. The van der Waals surface area contributed by atoms with Crippen LogP contribution in [0.4, 0.5) is 0 Å². The Morgan fingerprint density at radius 1 is 1.44 bits per heavy atom. The lowest BCUT2D eigenvalue weighted by molar-refractivity contribution is 0.159. The van der Waals surface area contributed by atoms with Gasteiger partial charge < -0.3 is 10.4 Å². The Balaban J connectivity index is 1.80. The molecule has 0 saturated carbocycles. The van der Waals surface area contributed by atoms with Crippen LogP contribution in [0.15, 0.2) is 29.2 Å². The van der Waals surface area contributed by atoms with Gasteiger partial charge in [0.2, 0.25) is 0 Å². The summed E-state index contributed by atoms with van der Waals surface area (Å²) in [6.45, 7) is 3.14. The normalized spacial score (nSPS) is 22.2. The molecule has 1 aromatic carbocycles. The summed E-state index contributed by atoms with van der Waals surface area (Å²) >= 11 is 1.73. The molecule has 2 unspecified atom stereocenters. The molecule has 1 heterocycles. The molecule has 1 aliphatic heterocycles. The number of thioether (sulfide) groups is 1. The van der Waals surface area contributed by atoms with Crippen LogP contribution in [-0.4, -0.2) is 29.5 Å². The van der Waals surface area contributed by atoms with E-state index in [9.17, 15) is 5.11 Å². The van der Waals surface area contributed by atoms with Crippen LogP contribution in [0, 0.1) is 6.92 Å². The highest BCUT2D eigenvalue weighted by Gasteiger charge is 2.22. The first-order valence-electron chi connectivity index (χ1n) is 5.86. The molecule has 0 bridgehead atoms. The topological polar surface area (TPSA) is 32.3 Å². The van der Waals surface area contributed by atoms with Crippen molar-refractivity contribution >= 4 is 11.8 Å². The van der Waals surface area contributed by atoms with Crippen molar-refractivity contribution in [3.05, 3.63) is 29.8 Å². The van der Waals surface area contributed by atoms with E-state index in [4.69, 9.17) is 0 Å². The zero-order valence-corrected chi connectivity index (χ0v) is 10.5. The molecule has 16 heavy (non-hydrogen) atoms. The highest BCUT2D eigenvalue weighted by atomic mass is 32.2. The summed E-state index contributed by atoms with van der Waals surface area (Å²) in [7, 11) is 0. The first kappa shape index (κ1) is 12.0. The third-order valence-electron chi connectivity index (χ3n) is 3.00. The van der Waals surface area contributed by atoms with E-state index < -0.39 is 0 Å². The lowest BCUT2D eigenvalue weighted by Gasteiger charge is -2.17. The molecule has 2 atom stereocenters. The molecule has 1 fully saturated rings. The predicted molar refractivity (Wildman–Crippen MR) is 68.9 cm³/mol. The Morgan fingerprint density at radius 2 is 2.19 bits per heavy atom. The highest BCUT2D eigenvalue weighted by Crippen LogP contribution is 2.21. The van der Waals surface area contributed by atoms with Gasteiger partial charge in [0, 0.05) is 16.7 Å². The van der Waals surface area contributed by atoms with Gasteiger partial charge in [-0.05, 0) is 38.4 Å². The second-order valence-corrected chi connectivity index (χ2v) is 5.49. The summed E-state index contributed by atoms with van der Waals surface area (Å²) in [5.41, 5.74) is 1.28. The van der Waals surface area contributed by atoms with E-state index >= 15 is 0 Å². The van der Waals surface area contributed by atoms with Crippen molar-refractivity contribution in [3.8, 4) is 0 Å². The molecule has 88 valence electrons. The summed E-state index contributed by atoms with van der Waals surface area (Å²) < 4.78 is 0. The Hall–Kier alpha value is -0.510. The molecular weight excluding hydrogens is 218 g/mol. The maximum Gasteiger partial charge on any atom is 0.0786 e. The number of aryl methyl sites for hydroxylation is 1. The number of nitrogens with one attached hydrogen (secondary N) is 1. The van der Waals surface area contributed by atoms with Crippen LogP contribution in [0.2, 0.25) is 0 Å². The smallest absolute Gasteiger partial charge is 0.0786 e. The third-order valence-corrected chi connectivity index (χ3v) is 4.12. The number of aliphatic hydroxyl groups excluding tert-OH is 1. The minimum absolute atomic E-state index is 0.228. The van der Waals surface area contributed by atoms with Gasteiger partial charge in [-0.15, -0.1) is 11.8 Å². The second-order valence-electron chi connectivity index (χ2n) is 4.39. The zero-order chi connectivity index (χ0) is 11.4. The average Bonchev–Trinajstić information content (AvgIpc) is 2.81. The second kappa shape index (κ2) is 5.71. The summed E-state index contributed by atoms with van der Waals surface area (Å²) in [6.07, 6.45) is 2.07. The molecule has 2 N–H and O–H groups in total. The van der Waals surface area contributed by atoms with E-state index in [1.807, 2.05) is 0 Å². The Kier molecular flexibility index (Phi) is 4.27. The van der Waals surface area contributed by atoms with E-state index in [1.54, 1.807) is 11.8 Å². The summed E-state index contributed by atoms with van der Waals surface area (Å²) in [5, 5.41) is 13.3. The maximum absolute atomic E-state index is 9.98. The number of aliphatic hydroxyl groups is 1. The van der Waals surface area contributed by atoms with Gasteiger partial charge in [0.05, 0.1) is 6.10 Å². The van der Waals surface area contributed by atoms with Crippen LogP contribution in [0.25, 0.3) is 0 Å². The number of benzene rings is 1. The fraction of sp³-hybridized carbons (Fsp3) is 0.538. The van der Waals surface area contributed by atoms with Crippen molar-refractivity contribution in [3.63, 3.8) is 0 Å². The van der Waals surface area contributed by atoms with Gasteiger partial charge in [0.1, 0.15) is 0 Å². The largest absolute Gasteiger partial charge is 0.391 e. The minimum atomic E-state index is -0.228. The van der Waals surface area contributed by atoms with Crippen molar-refractivity contribution in [1.82, 2.24) is 5.32 Å². The number of rotatable bonds is 4. The molecule has 0 radical (unpaired) electrons. The predicted octanol–water partition coefficient (Wildman–Crippen LogP) is 2.20. The third kappa shape index (κ3) is 3.24. The van der Waals surface area contributed by atoms with E-state index in [0.29, 0.717) is 6.04 Å². The molecular formula is C13H19NOS. The van der Waals surface area contributed by atoms with Crippen LogP contribution in [-0.2, 0) is 0 Å². The Labute approximate surface area is 101 Å². The van der Waals surface area contributed by atoms with Crippen LogP contribution in [0.3, 0.4) is 0 Å². The molecule has 1 aromatic rings. The fourth-order valence-electron chi connectivity index (χ4n) is 1.97. The lowest BCUT2D eigenvalue weighted by Crippen LogP contribution is -2.36. The van der Waals surface area contributed by atoms with Gasteiger partial charge in [-0.3, -0.25) is 0 Å². The molecule has 0 amide bonds. The van der Waals surface area contributed by atoms with Crippen LogP contribution in [0.1, 0.15) is 18.4 Å². The summed E-state index contributed by atoms with van der Waals surface area (Å²) in [6, 6.07) is 8.77. The van der Waals surface area contributed by atoms with Gasteiger partial charge in [-0.25, -0.2) is 0 Å². The zero-order valence-electron chi connectivity index (χ0n) is 9.65. The summed E-state index contributed by atoms with van der Waals surface area (Å²) in [5.74, 6) is 0.778. The fourth-order valence-corrected chi connectivity index (χ4v) is 2.90. The first-order chi connectivity index (χ1) is 7.75. The maximum atomic E-state index is 9.98. The lowest BCUT2D eigenvalue weighted by atomic mass is 10.1. The van der Waals surface area contributed by atoms with Gasteiger partial charge in [0.15, 0.2) is 0 Å². The molecule has 0 aliphatic carbocycles. The van der Waals surface area contributed by atoms with Crippen molar-refractivity contribution in [2.24, 2.45) is 0 Å². The molecule has 1 aliphatic rings. The van der Waals surface area contributed by atoms with Crippen LogP contribution >= 0.6 is 11.8 Å². The minimum Gasteiger partial charge on any atom is -0.391 e. The van der Waals surface area contributed by atoms with E-state index in [-0.39, 0.29) is 6.10 Å². The number of hydrogen-bond acceptors (Lipinski definition) is 3. The first-order valence-corrected chi connectivity index (χ1v) is 6.85. The molecule has 0 spiro atoms. The Morgan fingerprint density at radius 3 is 2.81 bits per heavy atom. The van der Waals surface area contributed by atoms with E-state index in [0.717, 1.165) is 18.7 Å². The summed E-state index contributed by atoms with van der Waals surface area (Å²) in [4.78, 5) is 1.24. The molecule has 2 nitrogen and oxygen atoms in total.